The molecule has 17 heavy (non-hydrogen) atoms. The molecule has 2 heteroatoms. The van der Waals surface area contributed by atoms with E-state index in [0.717, 1.165) is 12.1 Å². The molecule has 0 bridgehead atoms. The van der Waals surface area contributed by atoms with Crippen LogP contribution in [0.4, 0.5) is 0 Å². The molecule has 1 aromatic carbocycles. The summed E-state index contributed by atoms with van der Waals surface area (Å²) in [7, 11) is 0. The summed E-state index contributed by atoms with van der Waals surface area (Å²) in [5, 5.41) is 3.41. The SMILES string of the molecule is CC(C)(C)CCc1nc(-c2ccccc2)cs1. The predicted octanol–water partition coefficient (Wildman–Crippen LogP) is 4.79. The number of hydrogen-bond acceptors (Lipinski definition) is 2. The van der Waals surface area contributed by atoms with Crippen molar-refractivity contribution in [1.82, 2.24) is 4.98 Å². The minimum Gasteiger partial charge on any atom is -0.241 e. The highest BCUT2D eigenvalue weighted by atomic mass is 32.1. The van der Waals surface area contributed by atoms with E-state index in [1.165, 1.54) is 17.0 Å². The highest BCUT2D eigenvalue weighted by molar-refractivity contribution is 7.09. The van der Waals surface area contributed by atoms with Crippen LogP contribution in [0.25, 0.3) is 11.3 Å². The zero-order chi connectivity index (χ0) is 12.3. The summed E-state index contributed by atoms with van der Waals surface area (Å²) in [5.74, 6) is 0. The summed E-state index contributed by atoms with van der Waals surface area (Å²) in [4.78, 5) is 4.70. The van der Waals surface area contributed by atoms with Gasteiger partial charge in [0.05, 0.1) is 10.7 Å². The summed E-state index contributed by atoms with van der Waals surface area (Å²) in [6.07, 6.45) is 2.27. The standard InChI is InChI=1S/C15H19NS/c1-15(2,3)10-9-14-16-13(11-17-14)12-7-5-4-6-8-12/h4-8,11H,9-10H2,1-3H3. The zero-order valence-corrected chi connectivity index (χ0v) is 11.6. The van der Waals surface area contributed by atoms with Crippen LogP contribution in [0, 0.1) is 5.41 Å². The molecule has 0 N–H and O–H groups in total. The van der Waals surface area contributed by atoms with Crippen LogP contribution < -0.4 is 0 Å². The van der Waals surface area contributed by atoms with Crippen LogP contribution in [0.15, 0.2) is 35.7 Å². The molecule has 0 unspecified atom stereocenters. The molecule has 0 saturated carbocycles. The lowest BCUT2D eigenvalue weighted by molar-refractivity contribution is 0.378. The van der Waals surface area contributed by atoms with Gasteiger partial charge in [0.1, 0.15) is 0 Å². The number of hydrogen-bond donors (Lipinski definition) is 0. The number of aryl methyl sites for hydroxylation is 1. The van der Waals surface area contributed by atoms with E-state index in [9.17, 15) is 0 Å². The minimum absolute atomic E-state index is 0.387. The van der Waals surface area contributed by atoms with Gasteiger partial charge in [-0.25, -0.2) is 4.98 Å². The average Bonchev–Trinajstić information content (AvgIpc) is 2.75. The Morgan fingerprint density at radius 2 is 1.82 bits per heavy atom. The molecule has 90 valence electrons. The summed E-state index contributed by atoms with van der Waals surface area (Å²) < 4.78 is 0. The minimum atomic E-state index is 0.387. The molecule has 0 fully saturated rings. The van der Waals surface area contributed by atoms with Crippen molar-refractivity contribution in [1.29, 1.82) is 0 Å². The van der Waals surface area contributed by atoms with Crippen LogP contribution in [0.5, 0.6) is 0 Å². The first-order valence-electron chi connectivity index (χ1n) is 6.04. The third kappa shape index (κ3) is 3.67. The molecule has 2 aromatic rings. The molecule has 0 spiro atoms. The topological polar surface area (TPSA) is 12.9 Å². The fourth-order valence-electron chi connectivity index (χ4n) is 1.65. The van der Waals surface area contributed by atoms with Gasteiger partial charge in [-0.1, -0.05) is 51.1 Å². The van der Waals surface area contributed by atoms with Gasteiger partial charge in [-0.2, -0.15) is 0 Å². The van der Waals surface area contributed by atoms with Gasteiger partial charge < -0.3 is 0 Å². The van der Waals surface area contributed by atoms with Crippen LogP contribution in [0.1, 0.15) is 32.2 Å². The summed E-state index contributed by atoms with van der Waals surface area (Å²) in [6.45, 7) is 6.83. The van der Waals surface area contributed by atoms with E-state index < -0.39 is 0 Å². The van der Waals surface area contributed by atoms with Crippen LogP contribution >= 0.6 is 11.3 Å². The fraction of sp³-hybridized carbons (Fsp3) is 0.400. The molecule has 0 aliphatic heterocycles. The number of rotatable bonds is 3. The van der Waals surface area contributed by atoms with Crippen molar-refractivity contribution in [2.45, 2.75) is 33.6 Å². The predicted molar refractivity (Wildman–Crippen MR) is 75.3 cm³/mol. The van der Waals surface area contributed by atoms with Gasteiger partial charge >= 0.3 is 0 Å². The van der Waals surface area contributed by atoms with Gasteiger partial charge in [0, 0.05) is 10.9 Å². The summed E-state index contributed by atoms with van der Waals surface area (Å²) in [5.41, 5.74) is 2.71. The zero-order valence-electron chi connectivity index (χ0n) is 10.7. The van der Waals surface area contributed by atoms with Crippen molar-refractivity contribution < 1.29 is 0 Å². The summed E-state index contributed by atoms with van der Waals surface area (Å²) in [6, 6.07) is 10.4. The Morgan fingerprint density at radius 3 is 2.47 bits per heavy atom. The molecule has 0 amide bonds. The molecular formula is C15H19NS. The van der Waals surface area contributed by atoms with E-state index in [1.54, 1.807) is 11.3 Å². The van der Waals surface area contributed by atoms with E-state index in [-0.39, 0.29) is 0 Å². The second-order valence-corrected chi connectivity index (χ2v) is 6.50. The maximum atomic E-state index is 4.70. The van der Waals surface area contributed by atoms with E-state index in [2.05, 4.69) is 50.4 Å². The van der Waals surface area contributed by atoms with Crippen molar-refractivity contribution in [3.8, 4) is 11.3 Å². The molecule has 1 heterocycles. The van der Waals surface area contributed by atoms with Gasteiger partial charge in [-0.3, -0.25) is 0 Å². The molecule has 0 aliphatic rings. The number of aromatic nitrogens is 1. The second kappa shape index (κ2) is 5.01. The van der Waals surface area contributed by atoms with Gasteiger partial charge in [-0.05, 0) is 18.3 Å². The lowest BCUT2D eigenvalue weighted by Gasteiger charge is -2.16. The Bertz CT molecular complexity index is 465. The lowest BCUT2D eigenvalue weighted by Crippen LogP contribution is -2.06. The molecule has 1 nitrogen and oxygen atoms in total. The third-order valence-electron chi connectivity index (χ3n) is 2.71. The first kappa shape index (κ1) is 12.3. The van der Waals surface area contributed by atoms with Gasteiger partial charge in [0.25, 0.3) is 0 Å². The van der Waals surface area contributed by atoms with Gasteiger partial charge in [-0.15, -0.1) is 11.3 Å². The van der Waals surface area contributed by atoms with E-state index in [1.807, 2.05) is 6.07 Å². The number of benzene rings is 1. The Balaban J connectivity index is 2.07. The maximum absolute atomic E-state index is 4.70. The van der Waals surface area contributed by atoms with Gasteiger partial charge in [0.15, 0.2) is 0 Å². The first-order chi connectivity index (χ1) is 8.04. The van der Waals surface area contributed by atoms with Gasteiger partial charge in [0.2, 0.25) is 0 Å². The summed E-state index contributed by atoms with van der Waals surface area (Å²) >= 11 is 1.77. The molecule has 0 atom stereocenters. The smallest absolute Gasteiger partial charge is 0.0932 e. The molecule has 0 aliphatic carbocycles. The molecular weight excluding hydrogens is 226 g/mol. The van der Waals surface area contributed by atoms with E-state index in [4.69, 9.17) is 4.98 Å². The van der Waals surface area contributed by atoms with Crippen LogP contribution in [0.3, 0.4) is 0 Å². The highest BCUT2D eigenvalue weighted by Gasteiger charge is 2.12. The monoisotopic (exact) mass is 245 g/mol. The second-order valence-electron chi connectivity index (χ2n) is 5.55. The Kier molecular flexibility index (Phi) is 3.63. The fourth-order valence-corrected chi connectivity index (χ4v) is 2.46. The van der Waals surface area contributed by atoms with Crippen molar-refractivity contribution in [3.05, 3.63) is 40.7 Å². The maximum Gasteiger partial charge on any atom is 0.0932 e. The molecule has 0 saturated heterocycles. The van der Waals surface area contributed by atoms with Crippen molar-refractivity contribution in [2.24, 2.45) is 5.41 Å². The Hall–Kier alpha value is -1.15. The van der Waals surface area contributed by atoms with E-state index >= 15 is 0 Å². The van der Waals surface area contributed by atoms with Crippen molar-refractivity contribution in [2.75, 3.05) is 0 Å². The quantitative estimate of drug-likeness (QED) is 0.757. The Labute approximate surface area is 108 Å². The third-order valence-corrected chi connectivity index (χ3v) is 3.62. The van der Waals surface area contributed by atoms with Crippen molar-refractivity contribution >= 4 is 11.3 Å². The normalized spacial score (nSPS) is 11.7. The van der Waals surface area contributed by atoms with Crippen LogP contribution in [-0.2, 0) is 6.42 Å². The number of nitrogens with zero attached hydrogens (tertiary/aromatic N) is 1. The van der Waals surface area contributed by atoms with Crippen molar-refractivity contribution in [3.63, 3.8) is 0 Å². The van der Waals surface area contributed by atoms with E-state index in [0.29, 0.717) is 5.41 Å². The van der Waals surface area contributed by atoms with Crippen LogP contribution in [-0.4, -0.2) is 4.98 Å². The first-order valence-corrected chi connectivity index (χ1v) is 6.92. The molecule has 0 radical (unpaired) electrons. The Morgan fingerprint density at radius 1 is 1.12 bits per heavy atom. The van der Waals surface area contributed by atoms with Crippen LogP contribution in [0.2, 0.25) is 0 Å². The molecule has 2 rings (SSSR count). The molecule has 1 aromatic heterocycles. The highest BCUT2D eigenvalue weighted by Crippen LogP contribution is 2.26. The lowest BCUT2D eigenvalue weighted by atomic mass is 9.91. The average molecular weight is 245 g/mol. The largest absolute Gasteiger partial charge is 0.241 e. The number of thiazole rings is 1.